The lowest BCUT2D eigenvalue weighted by molar-refractivity contribution is 0.112. The van der Waals surface area contributed by atoms with Crippen molar-refractivity contribution in [3.8, 4) is 0 Å². The third-order valence-electron chi connectivity index (χ3n) is 3.67. The van der Waals surface area contributed by atoms with Gasteiger partial charge in [0.2, 0.25) is 0 Å². The zero-order valence-corrected chi connectivity index (χ0v) is 10.8. The van der Waals surface area contributed by atoms with Gasteiger partial charge in [0.1, 0.15) is 0 Å². The van der Waals surface area contributed by atoms with Crippen molar-refractivity contribution in [2.45, 2.75) is 33.1 Å². The van der Waals surface area contributed by atoms with Crippen molar-refractivity contribution in [2.75, 3.05) is 18.0 Å². The molecule has 0 amide bonds. The molecule has 0 saturated carbocycles. The Hall–Kier alpha value is -1.31. The number of aryl methyl sites for hydroxylation is 1. The Morgan fingerprint density at radius 1 is 1.29 bits per heavy atom. The van der Waals surface area contributed by atoms with Crippen LogP contribution in [0, 0.1) is 12.8 Å². The van der Waals surface area contributed by atoms with Crippen LogP contribution >= 0.6 is 0 Å². The molecule has 2 nitrogen and oxygen atoms in total. The normalized spacial score (nSPS) is 21.1. The third-order valence-corrected chi connectivity index (χ3v) is 3.67. The molecule has 0 spiro atoms. The van der Waals surface area contributed by atoms with E-state index in [4.69, 9.17) is 0 Å². The fourth-order valence-corrected chi connectivity index (χ4v) is 2.56. The van der Waals surface area contributed by atoms with Crippen molar-refractivity contribution in [3.05, 3.63) is 29.3 Å². The first-order valence-electron chi connectivity index (χ1n) is 6.51. The molecular weight excluding hydrogens is 210 g/mol. The lowest BCUT2D eigenvalue weighted by Crippen LogP contribution is -2.25. The number of benzene rings is 1. The molecular formula is C15H21NO. The molecule has 1 fully saturated rings. The topological polar surface area (TPSA) is 20.3 Å². The predicted octanol–water partition coefficient (Wildman–Crippen LogP) is 3.43. The molecule has 17 heavy (non-hydrogen) atoms. The Labute approximate surface area is 104 Å². The van der Waals surface area contributed by atoms with Crippen molar-refractivity contribution in [1.29, 1.82) is 0 Å². The zero-order chi connectivity index (χ0) is 12.3. The Bertz CT molecular complexity index is 400. The molecule has 1 unspecified atom stereocenters. The van der Waals surface area contributed by atoms with Gasteiger partial charge >= 0.3 is 0 Å². The van der Waals surface area contributed by atoms with E-state index < -0.39 is 0 Å². The van der Waals surface area contributed by atoms with Crippen LogP contribution in [0.5, 0.6) is 0 Å². The van der Waals surface area contributed by atoms with Crippen LogP contribution in [-0.4, -0.2) is 19.4 Å². The fraction of sp³-hybridized carbons (Fsp3) is 0.533. The standard InChI is InChI=1S/C15H21NO/c1-12-4-3-8-16(9-7-12)15-6-5-13(2)10-14(15)11-17/h5-6,10-12H,3-4,7-9H2,1-2H3. The van der Waals surface area contributed by atoms with E-state index in [0.717, 1.165) is 42.1 Å². The lowest BCUT2D eigenvalue weighted by atomic mass is 10.0. The van der Waals surface area contributed by atoms with Gasteiger partial charge in [-0.25, -0.2) is 0 Å². The average molecular weight is 231 g/mol. The largest absolute Gasteiger partial charge is 0.371 e. The number of carbonyl (C=O) groups excluding carboxylic acids is 1. The Kier molecular flexibility index (Phi) is 3.82. The highest BCUT2D eigenvalue weighted by Crippen LogP contribution is 2.25. The van der Waals surface area contributed by atoms with Crippen LogP contribution < -0.4 is 4.90 Å². The van der Waals surface area contributed by atoms with Gasteiger partial charge in [-0.15, -0.1) is 0 Å². The zero-order valence-electron chi connectivity index (χ0n) is 10.8. The Morgan fingerprint density at radius 2 is 2.12 bits per heavy atom. The van der Waals surface area contributed by atoms with Gasteiger partial charge in [-0.3, -0.25) is 4.79 Å². The third kappa shape index (κ3) is 2.87. The maximum absolute atomic E-state index is 11.1. The van der Waals surface area contributed by atoms with Gasteiger partial charge in [0.25, 0.3) is 0 Å². The number of aldehydes is 1. The van der Waals surface area contributed by atoms with Crippen LogP contribution in [0.4, 0.5) is 5.69 Å². The molecule has 2 rings (SSSR count). The van der Waals surface area contributed by atoms with Crippen LogP contribution in [0.3, 0.4) is 0 Å². The van der Waals surface area contributed by atoms with E-state index in [1.165, 1.54) is 19.3 Å². The summed E-state index contributed by atoms with van der Waals surface area (Å²) < 4.78 is 0. The average Bonchev–Trinajstić information content (AvgIpc) is 2.54. The van der Waals surface area contributed by atoms with Crippen molar-refractivity contribution >= 4 is 12.0 Å². The van der Waals surface area contributed by atoms with Gasteiger partial charge in [-0.1, -0.05) is 18.6 Å². The molecule has 2 heteroatoms. The number of carbonyl (C=O) groups is 1. The van der Waals surface area contributed by atoms with Gasteiger partial charge in [0.15, 0.2) is 6.29 Å². The van der Waals surface area contributed by atoms with Gasteiger partial charge in [-0.2, -0.15) is 0 Å². The lowest BCUT2D eigenvalue weighted by Gasteiger charge is -2.24. The maximum atomic E-state index is 11.1. The molecule has 1 saturated heterocycles. The summed E-state index contributed by atoms with van der Waals surface area (Å²) in [7, 11) is 0. The van der Waals surface area contributed by atoms with Crippen molar-refractivity contribution in [3.63, 3.8) is 0 Å². The van der Waals surface area contributed by atoms with Crippen LogP contribution in [0.1, 0.15) is 42.1 Å². The van der Waals surface area contributed by atoms with E-state index in [0.29, 0.717) is 0 Å². The highest BCUT2D eigenvalue weighted by atomic mass is 16.1. The van der Waals surface area contributed by atoms with Gasteiger partial charge < -0.3 is 4.90 Å². The minimum Gasteiger partial charge on any atom is -0.371 e. The van der Waals surface area contributed by atoms with Gasteiger partial charge in [0, 0.05) is 24.3 Å². The molecule has 0 aliphatic carbocycles. The number of hydrogen-bond donors (Lipinski definition) is 0. The number of nitrogens with zero attached hydrogens (tertiary/aromatic N) is 1. The van der Waals surface area contributed by atoms with Crippen molar-refractivity contribution < 1.29 is 4.79 Å². The molecule has 0 bridgehead atoms. The SMILES string of the molecule is Cc1ccc(N2CCCC(C)CC2)c(C=O)c1. The summed E-state index contributed by atoms with van der Waals surface area (Å²) in [5.74, 6) is 0.810. The second kappa shape index (κ2) is 5.35. The van der Waals surface area contributed by atoms with Crippen molar-refractivity contribution in [1.82, 2.24) is 0 Å². The van der Waals surface area contributed by atoms with Gasteiger partial charge in [-0.05, 0) is 44.2 Å². The minimum atomic E-state index is 0.810. The first kappa shape index (κ1) is 12.2. The molecule has 0 N–H and O–H groups in total. The molecule has 1 aromatic rings. The van der Waals surface area contributed by atoms with E-state index in [9.17, 15) is 4.79 Å². The molecule has 0 radical (unpaired) electrons. The summed E-state index contributed by atoms with van der Waals surface area (Å²) in [5, 5.41) is 0. The summed E-state index contributed by atoms with van der Waals surface area (Å²) in [6.45, 7) is 6.50. The molecule has 1 aromatic carbocycles. The first-order chi connectivity index (χ1) is 8.20. The van der Waals surface area contributed by atoms with E-state index in [2.05, 4.69) is 24.0 Å². The first-order valence-corrected chi connectivity index (χ1v) is 6.51. The Morgan fingerprint density at radius 3 is 2.88 bits per heavy atom. The summed E-state index contributed by atoms with van der Waals surface area (Å²) >= 11 is 0. The molecule has 0 aromatic heterocycles. The quantitative estimate of drug-likeness (QED) is 0.727. The summed E-state index contributed by atoms with van der Waals surface area (Å²) in [4.78, 5) is 13.5. The molecule has 1 atom stereocenters. The van der Waals surface area contributed by atoms with Gasteiger partial charge in [0.05, 0.1) is 0 Å². The van der Waals surface area contributed by atoms with E-state index in [1.807, 2.05) is 13.0 Å². The fourth-order valence-electron chi connectivity index (χ4n) is 2.56. The molecule has 92 valence electrons. The number of rotatable bonds is 2. The van der Waals surface area contributed by atoms with Crippen LogP contribution in [0.2, 0.25) is 0 Å². The smallest absolute Gasteiger partial charge is 0.152 e. The maximum Gasteiger partial charge on any atom is 0.152 e. The minimum absolute atomic E-state index is 0.810. The summed E-state index contributed by atoms with van der Waals surface area (Å²) in [6.07, 6.45) is 4.74. The highest BCUT2D eigenvalue weighted by molar-refractivity contribution is 5.85. The number of anilines is 1. The molecule has 1 heterocycles. The van der Waals surface area contributed by atoms with E-state index >= 15 is 0 Å². The van der Waals surface area contributed by atoms with Crippen LogP contribution in [-0.2, 0) is 0 Å². The van der Waals surface area contributed by atoms with Crippen LogP contribution in [0.25, 0.3) is 0 Å². The molecule has 1 aliphatic heterocycles. The second-order valence-electron chi connectivity index (χ2n) is 5.20. The van der Waals surface area contributed by atoms with Crippen LogP contribution in [0.15, 0.2) is 18.2 Å². The van der Waals surface area contributed by atoms with E-state index in [1.54, 1.807) is 0 Å². The number of hydrogen-bond acceptors (Lipinski definition) is 2. The summed E-state index contributed by atoms with van der Waals surface area (Å²) in [5.41, 5.74) is 3.10. The Balaban J connectivity index is 2.23. The predicted molar refractivity (Wildman–Crippen MR) is 71.8 cm³/mol. The van der Waals surface area contributed by atoms with E-state index in [-0.39, 0.29) is 0 Å². The highest BCUT2D eigenvalue weighted by Gasteiger charge is 2.16. The second-order valence-corrected chi connectivity index (χ2v) is 5.20. The van der Waals surface area contributed by atoms with Crippen molar-refractivity contribution in [2.24, 2.45) is 5.92 Å². The monoisotopic (exact) mass is 231 g/mol. The molecule has 1 aliphatic rings. The summed E-state index contributed by atoms with van der Waals surface area (Å²) in [6, 6.07) is 6.17.